The van der Waals surface area contributed by atoms with Gasteiger partial charge in [-0.05, 0) is 49.5 Å². The highest BCUT2D eigenvalue weighted by atomic mass is 35.6. The van der Waals surface area contributed by atoms with Crippen LogP contribution in [0, 0.1) is 6.92 Å². The van der Waals surface area contributed by atoms with Crippen molar-refractivity contribution in [3.63, 3.8) is 0 Å². The van der Waals surface area contributed by atoms with Crippen molar-refractivity contribution in [2.24, 2.45) is 0 Å². The van der Waals surface area contributed by atoms with Crippen molar-refractivity contribution in [2.45, 2.75) is 16.9 Å². The van der Waals surface area contributed by atoms with Gasteiger partial charge >= 0.3 is 5.97 Å². The molecule has 2 aromatic rings. The number of carboxylic acid groups (broad SMARTS) is 1. The van der Waals surface area contributed by atoms with Gasteiger partial charge in [0.15, 0.2) is 5.11 Å². The molecule has 0 aliphatic rings. The van der Waals surface area contributed by atoms with E-state index >= 15 is 0 Å². The number of halogens is 3. The van der Waals surface area contributed by atoms with Crippen LogP contribution in [-0.4, -0.2) is 32.1 Å². The van der Waals surface area contributed by atoms with Crippen molar-refractivity contribution in [3.8, 4) is 0 Å². The molecule has 10 heteroatoms. The molecule has 0 fully saturated rings. The zero-order chi connectivity index (χ0) is 20.9. The number of aromatic carboxylic acids is 1. The van der Waals surface area contributed by atoms with Crippen LogP contribution in [-0.2, 0) is 0 Å². The Hall–Kier alpha value is -2.06. The van der Waals surface area contributed by atoms with Gasteiger partial charge in [0.25, 0.3) is 5.91 Å². The largest absolute Gasteiger partial charge is 0.478 e. The first-order valence-corrected chi connectivity index (χ1v) is 9.45. The molecule has 0 unspecified atom stereocenters. The summed E-state index contributed by atoms with van der Waals surface area (Å²) in [6.45, 7) is 1.90. The van der Waals surface area contributed by atoms with Crippen LogP contribution in [0.3, 0.4) is 0 Å². The third-order valence-corrected chi connectivity index (χ3v) is 4.43. The minimum Gasteiger partial charge on any atom is -0.478 e. The Labute approximate surface area is 182 Å². The number of rotatable bonds is 5. The third kappa shape index (κ3) is 6.53. The summed E-state index contributed by atoms with van der Waals surface area (Å²) < 4.78 is -1.91. The van der Waals surface area contributed by atoms with Crippen molar-refractivity contribution >= 4 is 69.7 Å². The van der Waals surface area contributed by atoms with Crippen molar-refractivity contribution < 1.29 is 14.7 Å². The first-order valence-electron chi connectivity index (χ1n) is 7.91. The SMILES string of the molecule is Cc1ccc(C(=O)N[C@H](NC(=S)Nc2cccc(C(=O)O)c2)C(Cl)(Cl)Cl)cc1. The number of alkyl halides is 3. The van der Waals surface area contributed by atoms with Crippen LogP contribution in [0.2, 0.25) is 0 Å². The summed E-state index contributed by atoms with van der Waals surface area (Å²) >= 11 is 23.1. The highest BCUT2D eigenvalue weighted by Crippen LogP contribution is 2.29. The van der Waals surface area contributed by atoms with Crippen molar-refractivity contribution in [1.29, 1.82) is 0 Å². The molecule has 0 spiro atoms. The molecule has 0 saturated carbocycles. The summed E-state index contributed by atoms with van der Waals surface area (Å²) in [6.07, 6.45) is -1.14. The highest BCUT2D eigenvalue weighted by molar-refractivity contribution is 7.80. The van der Waals surface area contributed by atoms with Crippen molar-refractivity contribution in [1.82, 2.24) is 10.6 Å². The molecule has 28 heavy (non-hydrogen) atoms. The number of carbonyl (C=O) groups is 2. The van der Waals surface area contributed by atoms with E-state index in [9.17, 15) is 9.59 Å². The van der Waals surface area contributed by atoms with Gasteiger partial charge in [0.1, 0.15) is 6.17 Å². The molecule has 0 aromatic heterocycles. The number of carboxylic acids is 1. The van der Waals surface area contributed by atoms with E-state index in [0.29, 0.717) is 11.3 Å². The minimum absolute atomic E-state index is 0.0306. The fraction of sp³-hybridized carbons (Fsp3) is 0.167. The summed E-state index contributed by atoms with van der Waals surface area (Å²) in [5, 5.41) is 17.1. The molecule has 4 N–H and O–H groups in total. The fourth-order valence-electron chi connectivity index (χ4n) is 2.15. The van der Waals surface area contributed by atoms with Gasteiger partial charge in [0.2, 0.25) is 3.79 Å². The predicted octanol–water partition coefficient (Wildman–Crippen LogP) is 4.11. The molecule has 1 amide bonds. The van der Waals surface area contributed by atoms with Gasteiger partial charge in [-0.25, -0.2) is 4.79 Å². The molecule has 0 aliphatic heterocycles. The normalized spacial score (nSPS) is 12.0. The fourth-order valence-corrected chi connectivity index (χ4v) is 2.71. The van der Waals surface area contributed by atoms with Crippen LogP contribution >= 0.6 is 47.0 Å². The van der Waals surface area contributed by atoms with E-state index in [0.717, 1.165) is 5.56 Å². The summed E-state index contributed by atoms with van der Waals surface area (Å²) in [5.74, 6) is -1.54. The second-order valence-corrected chi connectivity index (χ2v) is 8.58. The second-order valence-electron chi connectivity index (χ2n) is 5.80. The maximum Gasteiger partial charge on any atom is 0.335 e. The molecule has 6 nitrogen and oxygen atoms in total. The lowest BCUT2D eigenvalue weighted by Gasteiger charge is -2.27. The summed E-state index contributed by atoms with van der Waals surface area (Å²) in [6, 6.07) is 12.9. The number of thiocarbonyl (C=S) groups is 1. The molecule has 0 radical (unpaired) electrons. The van der Waals surface area contributed by atoms with E-state index in [1.807, 2.05) is 6.92 Å². The number of nitrogens with one attached hydrogen (secondary N) is 3. The molecule has 0 aliphatic carbocycles. The van der Waals surface area contributed by atoms with Gasteiger partial charge < -0.3 is 21.1 Å². The van der Waals surface area contributed by atoms with Gasteiger partial charge in [0, 0.05) is 11.3 Å². The molecule has 148 valence electrons. The summed E-state index contributed by atoms with van der Waals surface area (Å²) in [4.78, 5) is 23.5. The maximum atomic E-state index is 12.4. The highest BCUT2D eigenvalue weighted by Gasteiger charge is 2.34. The molecule has 0 saturated heterocycles. The van der Waals surface area contributed by atoms with Crippen molar-refractivity contribution in [2.75, 3.05) is 5.32 Å². The van der Waals surface area contributed by atoms with Gasteiger partial charge in [-0.15, -0.1) is 0 Å². The number of aryl methyl sites for hydroxylation is 1. The van der Waals surface area contributed by atoms with Crippen molar-refractivity contribution in [3.05, 3.63) is 65.2 Å². The van der Waals surface area contributed by atoms with Crippen LogP contribution < -0.4 is 16.0 Å². The van der Waals surface area contributed by atoms with Crippen LogP contribution in [0.25, 0.3) is 0 Å². The Morgan fingerprint density at radius 1 is 1.04 bits per heavy atom. The minimum atomic E-state index is -1.91. The predicted molar refractivity (Wildman–Crippen MR) is 115 cm³/mol. The summed E-state index contributed by atoms with van der Waals surface area (Å²) in [5.41, 5.74) is 1.89. The van der Waals surface area contributed by atoms with Crippen LogP contribution in [0.15, 0.2) is 48.5 Å². The smallest absolute Gasteiger partial charge is 0.335 e. The van der Waals surface area contributed by atoms with Gasteiger partial charge in [-0.1, -0.05) is 58.6 Å². The zero-order valence-corrected chi connectivity index (χ0v) is 17.6. The first-order chi connectivity index (χ1) is 13.1. The molecule has 0 heterocycles. The van der Waals surface area contributed by atoms with E-state index in [1.165, 1.54) is 12.1 Å². The standard InChI is InChI=1S/C18H16Cl3N3O3S/c1-10-5-7-11(8-6-10)14(25)23-16(18(19,20)21)24-17(28)22-13-4-2-3-12(9-13)15(26)27/h2-9,16H,1H3,(H,23,25)(H,26,27)(H2,22,24,28)/t16-/m1/s1. The lowest BCUT2D eigenvalue weighted by atomic mass is 10.1. The van der Waals surface area contributed by atoms with Crippen LogP contribution in [0.4, 0.5) is 5.69 Å². The van der Waals surface area contributed by atoms with Gasteiger partial charge in [-0.3, -0.25) is 4.79 Å². The molecular formula is C18H16Cl3N3O3S. The van der Waals surface area contributed by atoms with Gasteiger partial charge in [-0.2, -0.15) is 0 Å². The number of amides is 1. The number of hydrogen-bond acceptors (Lipinski definition) is 3. The van der Waals surface area contributed by atoms with E-state index < -0.39 is 21.8 Å². The Morgan fingerprint density at radius 2 is 1.68 bits per heavy atom. The molecular weight excluding hydrogens is 445 g/mol. The average Bonchev–Trinajstić information content (AvgIpc) is 2.61. The Balaban J connectivity index is 2.08. The quantitative estimate of drug-likeness (QED) is 0.305. The monoisotopic (exact) mass is 459 g/mol. The Morgan fingerprint density at radius 3 is 2.25 bits per heavy atom. The molecule has 0 bridgehead atoms. The van der Waals surface area contributed by atoms with E-state index in [1.54, 1.807) is 36.4 Å². The Kier molecular flexibility index (Phi) is 7.48. The first kappa shape index (κ1) is 22.2. The molecule has 2 aromatic carbocycles. The van der Waals surface area contributed by atoms with E-state index in [4.69, 9.17) is 52.1 Å². The lowest BCUT2D eigenvalue weighted by Crippen LogP contribution is -2.56. The summed E-state index contributed by atoms with van der Waals surface area (Å²) in [7, 11) is 0. The van der Waals surface area contributed by atoms with Gasteiger partial charge in [0.05, 0.1) is 5.56 Å². The third-order valence-electron chi connectivity index (χ3n) is 3.56. The van der Waals surface area contributed by atoms with Crippen LogP contribution in [0.5, 0.6) is 0 Å². The molecule has 2 rings (SSSR count). The van der Waals surface area contributed by atoms with E-state index in [-0.39, 0.29) is 10.7 Å². The number of benzene rings is 2. The lowest BCUT2D eigenvalue weighted by molar-refractivity contribution is 0.0696. The van der Waals surface area contributed by atoms with E-state index in [2.05, 4.69) is 16.0 Å². The topological polar surface area (TPSA) is 90.5 Å². The Bertz CT molecular complexity index is 886. The molecule has 1 atom stereocenters. The zero-order valence-electron chi connectivity index (χ0n) is 14.5. The average molecular weight is 461 g/mol. The number of carbonyl (C=O) groups excluding carboxylic acids is 1. The second kappa shape index (κ2) is 9.43. The number of hydrogen-bond donors (Lipinski definition) is 4. The van der Waals surface area contributed by atoms with Crippen LogP contribution in [0.1, 0.15) is 26.3 Å². The number of anilines is 1. The maximum absolute atomic E-state index is 12.4.